The van der Waals surface area contributed by atoms with Crippen LogP contribution in [-0.2, 0) is 11.2 Å². The molecule has 1 aliphatic carbocycles. The monoisotopic (exact) mass is 348 g/mol. The number of aromatic amines is 1. The van der Waals surface area contributed by atoms with Gasteiger partial charge in [0.2, 0.25) is 0 Å². The van der Waals surface area contributed by atoms with E-state index in [9.17, 15) is 9.59 Å². The molecule has 0 atom stereocenters. The van der Waals surface area contributed by atoms with Crippen LogP contribution < -0.4 is 4.90 Å². The van der Waals surface area contributed by atoms with Crippen molar-refractivity contribution in [3.63, 3.8) is 0 Å². The minimum absolute atomic E-state index is 0.154. The number of benzene rings is 1. The van der Waals surface area contributed by atoms with Crippen molar-refractivity contribution in [2.45, 2.75) is 19.3 Å². The molecule has 3 heterocycles. The first-order chi connectivity index (χ1) is 12.7. The third kappa shape index (κ3) is 2.42. The molecule has 0 spiro atoms. The largest absolute Gasteiger partial charge is 0.381 e. The van der Waals surface area contributed by atoms with Gasteiger partial charge < -0.3 is 14.6 Å². The fourth-order valence-corrected chi connectivity index (χ4v) is 4.14. The number of aryl methyl sites for hydroxylation is 1. The van der Waals surface area contributed by atoms with E-state index >= 15 is 0 Å². The lowest BCUT2D eigenvalue weighted by Crippen LogP contribution is -2.28. The average molecular weight is 348 g/mol. The number of nitrogens with zero attached hydrogens (tertiary/aromatic N) is 1. The van der Waals surface area contributed by atoms with Crippen LogP contribution in [0.1, 0.15) is 44.8 Å². The summed E-state index contributed by atoms with van der Waals surface area (Å²) in [7, 11) is 0. The highest BCUT2D eigenvalue weighted by atomic mass is 16.5. The quantitative estimate of drug-likeness (QED) is 0.859. The highest BCUT2D eigenvalue weighted by Crippen LogP contribution is 2.37. The Hall–Kier alpha value is -2.66. The number of fused-ring (bicyclic) bond motifs is 2. The van der Waals surface area contributed by atoms with Gasteiger partial charge in [0.05, 0.1) is 18.9 Å². The first kappa shape index (κ1) is 15.6. The predicted octanol–water partition coefficient (Wildman–Crippen LogP) is 3.53. The Morgan fingerprint density at radius 3 is 2.92 bits per heavy atom. The Morgan fingerprint density at radius 2 is 2.15 bits per heavy atom. The van der Waals surface area contributed by atoms with Crippen LogP contribution in [0, 0.1) is 5.92 Å². The number of rotatable bonds is 4. The lowest BCUT2D eigenvalue weighted by molar-refractivity contribution is -0.0309. The maximum absolute atomic E-state index is 12.6. The normalized spacial score (nSPS) is 19.0. The summed E-state index contributed by atoms with van der Waals surface area (Å²) in [5.74, 6) is 1.63. The summed E-state index contributed by atoms with van der Waals surface area (Å²) in [5.41, 5.74) is 5.53. The van der Waals surface area contributed by atoms with E-state index in [0.29, 0.717) is 11.6 Å². The molecule has 3 aliphatic rings. The number of anilines is 2. The zero-order chi connectivity index (χ0) is 17.7. The van der Waals surface area contributed by atoms with Gasteiger partial charge in [0.1, 0.15) is 5.82 Å². The summed E-state index contributed by atoms with van der Waals surface area (Å²) in [5, 5.41) is 0. The Balaban J connectivity index is 1.47. The minimum Gasteiger partial charge on any atom is -0.381 e. The molecule has 0 amide bonds. The van der Waals surface area contributed by atoms with Crippen molar-refractivity contribution in [1.82, 2.24) is 4.98 Å². The van der Waals surface area contributed by atoms with Crippen molar-refractivity contribution in [1.29, 1.82) is 0 Å². The second-order valence-corrected chi connectivity index (χ2v) is 7.35. The molecule has 5 heteroatoms. The molecular weight excluding hydrogens is 328 g/mol. The summed E-state index contributed by atoms with van der Waals surface area (Å²) in [6.07, 6.45) is 5.72. The van der Waals surface area contributed by atoms with Gasteiger partial charge in [-0.05, 0) is 60.7 Å². The van der Waals surface area contributed by atoms with Crippen LogP contribution in [0.4, 0.5) is 11.5 Å². The van der Waals surface area contributed by atoms with E-state index < -0.39 is 0 Å². The minimum atomic E-state index is 0.154. The van der Waals surface area contributed by atoms with Crippen LogP contribution >= 0.6 is 0 Å². The second kappa shape index (κ2) is 5.95. The Kier molecular flexibility index (Phi) is 3.57. The van der Waals surface area contributed by atoms with Crippen LogP contribution in [0.25, 0.3) is 6.08 Å². The average Bonchev–Trinajstić information content (AvgIpc) is 3.18. The van der Waals surface area contributed by atoms with E-state index in [0.717, 1.165) is 73.5 Å². The number of aromatic nitrogens is 1. The lowest BCUT2D eigenvalue weighted by Gasteiger charge is -2.29. The molecule has 132 valence electrons. The first-order valence-corrected chi connectivity index (χ1v) is 9.14. The Labute approximate surface area is 151 Å². The molecule has 0 saturated carbocycles. The highest BCUT2D eigenvalue weighted by Gasteiger charge is 2.29. The fourth-order valence-electron chi connectivity index (χ4n) is 4.14. The SMILES string of the molecule is O=Cc1cc2c([nH]1)N(c1ccc3c(c1)C=C(CC1COC1)C3=O)CCC2. The number of H-pyrrole nitrogens is 1. The van der Waals surface area contributed by atoms with Gasteiger partial charge in [-0.3, -0.25) is 9.59 Å². The predicted molar refractivity (Wildman–Crippen MR) is 99.2 cm³/mol. The third-order valence-electron chi connectivity index (χ3n) is 5.55. The first-order valence-electron chi connectivity index (χ1n) is 9.14. The zero-order valence-corrected chi connectivity index (χ0v) is 14.5. The van der Waals surface area contributed by atoms with Gasteiger partial charge in [0.25, 0.3) is 0 Å². The molecular formula is C21H20N2O3. The smallest absolute Gasteiger partial charge is 0.189 e. The number of ether oxygens (including phenoxy) is 1. The van der Waals surface area contributed by atoms with Gasteiger partial charge in [-0.1, -0.05) is 0 Å². The molecule has 26 heavy (non-hydrogen) atoms. The number of ketones is 1. The molecule has 2 aromatic rings. The van der Waals surface area contributed by atoms with E-state index in [1.807, 2.05) is 24.3 Å². The molecule has 1 fully saturated rings. The van der Waals surface area contributed by atoms with E-state index in [2.05, 4.69) is 16.0 Å². The number of aldehydes is 1. The summed E-state index contributed by atoms with van der Waals surface area (Å²) in [6, 6.07) is 7.97. The van der Waals surface area contributed by atoms with Gasteiger partial charge in [-0.15, -0.1) is 0 Å². The fraction of sp³-hybridized carbons (Fsp3) is 0.333. The zero-order valence-electron chi connectivity index (χ0n) is 14.5. The summed E-state index contributed by atoms with van der Waals surface area (Å²) >= 11 is 0. The molecule has 1 aromatic carbocycles. The molecule has 0 radical (unpaired) electrons. The second-order valence-electron chi connectivity index (χ2n) is 7.35. The molecule has 5 nitrogen and oxygen atoms in total. The Morgan fingerprint density at radius 1 is 1.27 bits per heavy atom. The van der Waals surface area contributed by atoms with Crippen molar-refractivity contribution in [2.24, 2.45) is 5.92 Å². The number of hydrogen-bond donors (Lipinski definition) is 1. The number of nitrogens with one attached hydrogen (secondary N) is 1. The maximum Gasteiger partial charge on any atom is 0.189 e. The van der Waals surface area contributed by atoms with Gasteiger partial charge >= 0.3 is 0 Å². The number of Topliss-reactive ketones (excluding diaryl/α,β-unsaturated/α-hetero) is 1. The van der Waals surface area contributed by atoms with E-state index in [1.54, 1.807) is 0 Å². The number of hydrogen-bond acceptors (Lipinski definition) is 4. The summed E-state index contributed by atoms with van der Waals surface area (Å²) < 4.78 is 5.23. The van der Waals surface area contributed by atoms with E-state index in [1.165, 1.54) is 5.56 Å². The summed E-state index contributed by atoms with van der Waals surface area (Å²) in [6.45, 7) is 2.41. The van der Waals surface area contributed by atoms with E-state index in [-0.39, 0.29) is 5.78 Å². The van der Waals surface area contributed by atoms with Crippen molar-refractivity contribution in [3.8, 4) is 0 Å². The van der Waals surface area contributed by atoms with Gasteiger partial charge in [-0.2, -0.15) is 0 Å². The summed E-state index contributed by atoms with van der Waals surface area (Å²) in [4.78, 5) is 29.2. The standard InChI is InChI=1S/C21H20N2O3/c24-10-17-8-14-2-1-5-23(21(14)22-17)18-3-4-19-15(9-18)7-16(20(19)25)6-13-11-26-12-13/h3-4,7-10,13,22H,1-2,5-6,11-12H2. The molecule has 1 aromatic heterocycles. The molecule has 5 rings (SSSR count). The van der Waals surface area contributed by atoms with Crippen LogP contribution in [0.15, 0.2) is 29.8 Å². The van der Waals surface area contributed by atoms with Crippen molar-refractivity contribution < 1.29 is 14.3 Å². The van der Waals surface area contributed by atoms with Crippen LogP contribution in [0.2, 0.25) is 0 Å². The molecule has 0 unspecified atom stereocenters. The van der Waals surface area contributed by atoms with E-state index in [4.69, 9.17) is 4.74 Å². The number of carbonyl (C=O) groups is 2. The number of carbonyl (C=O) groups excluding carboxylic acids is 2. The lowest BCUT2D eigenvalue weighted by atomic mass is 9.96. The van der Waals surface area contributed by atoms with Crippen molar-refractivity contribution in [2.75, 3.05) is 24.7 Å². The molecule has 1 N–H and O–H groups in total. The molecule has 2 aliphatic heterocycles. The topological polar surface area (TPSA) is 62.4 Å². The Bertz CT molecular complexity index is 937. The molecule has 0 bridgehead atoms. The maximum atomic E-state index is 12.6. The number of allylic oxidation sites excluding steroid dienone is 1. The van der Waals surface area contributed by atoms with Crippen LogP contribution in [0.3, 0.4) is 0 Å². The van der Waals surface area contributed by atoms with Gasteiger partial charge in [0.15, 0.2) is 12.1 Å². The highest BCUT2D eigenvalue weighted by molar-refractivity contribution is 6.18. The third-order valence-corrected chi connectivity index (χ3v) is 5.55. The van der Waals surface area contributed by atoms with Gasteiger partial charge in [-0.25, -0.2) is 0 Å². The van der Waals surface area contributed by atoms with Crippen molar-refractivity contribution >= 4 is 29.7 Å². The molecule has 1 saturated heterocycles. The van der Waals surface area contributed by atoms with Gasteiger partial charge in [0, 0.05) is 29.3 Å². The van der Waals surface area contributed by atoms with Crippen molar-refractivity contribution in [3.05, 3.63) is 52.2 Å². The van der Waals surface area contributed by atoms with Crippen LogP contribution in [-0.4, -0.2) is 36.8 Å². The van der Waals surface area contributed by atoms with Crippen LogP contribution in [0.5, 0.6) is 0 Å².